The van der Waals surface area contributed by atoms with E-state index in [9.17, 15) is 4.39 Å². The summed E-state index contributed by atoms with van der Waals surface area (Å²) in [5.41, 5.74) is 6.35. The summed E-state index contributed by atoms with van der Waals surface area (Å²) in [5.74, 6) is 0.0481. The van der Waals surface area contributed by atoms with E-state index in [0.29, 0.717) is 11.4 Å². The van der Waals surface area contributed by atoms with E-state index in [0.717, 1.165) is 16.8 Å². The van der Waals surface area contributed by atoms with E-state index in [4.69, 9.17) is 4.74 Å². The quantitative estimate of drug-likeness (QED) is 0.471. The highest BCUT2D eigenvalue weighted by molar-refractivity contribution is 6.13. The van der Waals surface area contributed by atoms with Crippen molar-refractivity contribution in [2.24, 2.45) is 5.10 Å². The average molecular weight is 350 g/mol. The van der Waals surface area contributed by atoms with Crippen molar-refractivity contribution in [1.29, 1.82) is 0 Å². The van der Waals surface area contributed by atoms with Crippen LogP contribution in [-0.2, 0) is 0 Å². The highest BCUT2D eigenvalue weighted by Gasteiger charge is 2.08. The van der Waals surface area contributed by atoms with Crippen molar-refractivity contribution in [3.8, 4) is 5.75 Å². The molecule has 0 aliphatic carbocycles. The molecule has 3 aromatic carbocycles. The first kappa shape index (κ1) is 19.2. The van der Waals surface area contributed by atoms with Gasteiger partial charge in [0.1, 0.15) is 11.6 Å². The van der Waals surface area contributed by atoms with Crippen LogP contribution in [0.4, 0.5) is 10.1 Å². The number of ether oxygens (including phenoxy) is 1. The van der Waals surface area contributed by atoms with Gasteiger partial charge in [-0.3, -0.25) is 5.43 Å². The number of hydrogen-bond acceptors (Lipinski definition) is 3. The molecule has 3 aromatic rings. The standard InChI is InChI=1S/C20H17FN2O.C2H6/c1-24-19-14-17(21)12-13-18(19)22-23-20(15-8-4-2-5-9-15)16-10-6-3-7-11-16;1-2/h2-14,22H,1H3;1-2H3. The van der Waals surface area contributed by atoms with Gasteiger partial charge in [-0.25, -0.2) is 4.39 Å². The Bertz CT molecular complexity index is 792. The lowest BCUT2D eigenvalue weighted by Gasteiger charge is -2.11. The maximum atomic E-state index is 13.3. The minimum Gasteiger partial charge on any atom is -0.494 e. The second-order valence-electron chi connectivity index (χ2n) is 5.15. The minimum absolute atomic E-state index is 0.354. The molecule has 0 aliphatic heterocycles. The molecule has 4 heteroatoms. The number of anilines is 1. The minimum atomic E-state index is -0.354. The third-order valence-electron chi connectivity index (χ3n) is 3.55. The van der Waals surface area contributed by atoms with Gasteiger partial charge in [0.05, 0.1) is 18.5 Å². The second-order valence-corrected chi connectivity index (χ2v) is 5.15. The lowest BCUT2D eigenvalue weighted by molar-refractivity contribution is 0.413. The van der Waals surface area contributed by atoms with Gasteiger partial charge < -0.3 is 4.74 Å². The summed E-state index contributed by atoms with van der Waals surface area (Å²) >= 11 is 0. The Morgan fingerprint density at radius 1 is 0.846 bits per heavy atom. The van der Waals surface area contributed by atoms with E-state index < -0.39 is 0 Å². The number of halogens is 1. The lowest BCUT2D eigenvalue weighted by Crippen LogP contribution is -2.07. The van der Waals surface area contributed by atoms with Gasteiger partial charge in [0.25, 0.3) is 0 Å². The molecule has 0 aromatic heterocycles. The van der Waals surface area contributed by atoms with E-state index in [1.165, 1.54) is 19.2 Å². The van der Waals surface area contributed by atoms with E-state index in [-0.39, 0.29) is 5.82 Å². The van der Waals surface area contributed by atoms with E-state index in [2.05, 4.69) is 10.5 Å². The van der Waals surface area contributed by atoms with Crippen LogP contribution in [0.15, 0.2) is 84.0 Å². The molecule has 26 heavy (non-hydrogen) atoms. The topological polar surface area (TPSA) is 33.6 Å². The molecule has 0 bridgehead atoms. The third kappa shape index (κ3) is 4.93. The molecule has 1 N–H and O–H groups in total. The van der Waals surface area contributed by atoms with Crippen LogP contribution < -0.4 is 10.2 Å². The van der Waals surface area contributed by atoms with Crippen LogP contribution >= 0.6 is 0 Å². The molecular formula is C22H23FN2O. The number of hydrazone groups is 1. The molecule has 0 unspecified atom stereocenters. The summed E-state index contributed by atoms with van der Waals surface area (Å²) in [7, 11) is 1.50. The molecule has 0 saturated heterocycles. The Kier molecular flexibility index (Phi) is 7.37. The van der Waals surface area contributed by atoms with Crippen molar-refractivity contribution in [2.75, 3.05) is 12.5 Å². The molecule has 3 rings (SSSR count). The molecule has 0 aliphatic rings. The number of benzene rings is 3. The average Bonchev–Trinajstić information content (AvgIpc) is 2.72. The number of rotatable bonds is 5. The zero-order chi connectivity index (χ0) is 18.8. The summed E-state index contributed by atoms with van der Waals surface area (Å²) in [5, 5.41) is 4.54. The SMILES string of the molecule is CC.COc1cc(F)ccc1NN=C(c1ccccc1)c1ccccc1. The molecular weight excluding hydrogens is 327 g/mol. The molecule has 0 amide bonds. The highest BCUT2D eigenvalue weighted by atomic mass is 19.1. The zero-order valence-corrected chi connectivity index (χ0v) is 15.2. The number of nitrogens with one attached hydrogen (secondary N) is 1. The number of hydrogen-bond donors (Lipinski definition) is 1. The zero-order valence-electron chi connectivity index (χ0n) is 15.2. The van der Waals surface area contributed by atoms with Crippen molar-refractivity contribution >= 4 is 11.4 Å². The molecule has 3 nitrogen and oxygen atoms in total. The van der Waals surface area contributed by atoms with Crippen LogP contribution in [0.2, 0.25) is 0 Å². The summed E-state index contributed by atoms with van der Waals surface area (Å²) in [6.07, 6.45) is 0. The molecule has 0 saturated carbocycles. The fourth-order valence-electron chi connectivity index (χ4n) is 2.36. The summed E-state index contributed by atoms with van der Waals surface area (Å²) in [6, 6.07) is 24.1. The van der Waals surface area contributed by atoms with E-state index in [1.807, 2.05) is 74.5 Å². The summed E-state index contributed by atoms with van der Waals surface area (Å²) < 4.78 is 18.5. The van der Waals surface area contributed by atoms with Crippen LogP contribution in [0, 0.1) is 5.82 Å². The highest BCUT2D eigenvalue weighted by Crippen LogP contribution is 2.25. The fourth-order valence-corrected chi connectivity index (χ4v) is 2.36. The van der Waals surface area contributed by atoms with E-state index >= 15 is 0 Å². The molecule has 0 fully saturated rings. The van der Waals surface area contributed by atoms with Gasteiger partial charge in [0.2, 0.25) is 0 Å². The maximum absolute atomic E-state index is 13.3. The van der Waals surface area contributed by atoms with Crippen molar-refractivity contribution in [1.82, 2.24) is 0 Å². The van der Waals surface area contributed by atoms with Crippen molar-refractivity contribution in [2.45, 2.75) is 13.8 Å². The maximum Gasteiger partial charge on any atom is 0.146 e. The predicted octanol–water partition coefficient (Wildman–Crippen LogP) is 5.73. The van der Waals surface area contributed by atoms with Crippen LogP contribution in [0.3, 0.4) is 0 Å². The van der Waals surface area contributed by atoms with Gasteiger partial charge >= 0.3 is 0 Å². The Balaban J connectivity index is 0.00000117. The Labute approximate surface area is 154 Å². The predicted molar refractivity (Wildman–Crippen MR) is 106 cm³/mol. The Morgan fingerprint density at radius 2 is 1.38 bits per heavy atom. The fraction of sp³-hybridized carbons (Fsp3) is 0.136. The van der Waals surface area contributed by atoms with Gasteiger partial charge in [0, 0.05) is 17.2 Å². The molecule has 134 valence electrons. The summed E-state index contributed by atoms with van der Waals surface area (Å²) in [6.45, 7) is 4.00. The van der Waals surface area contributed by atoms with Gasteiger partial charge in [-0.05, 0) is 12.1 Å². The van der Waals surface area contributed by atoms with Gasteiger partial charge in [-0.15, -0.1) is 0 Å². The first-order valence-corrected chi connectivity index (χ1v) is 8.56. The number of methoxy groups -OCH3 is 1. The Hall–Kier alpha value is -3.14. The van der Waals surface area contributed by atoms with Crippen LogP contribution in [-0.4, -0.2) is 12.8 Å². The second kappa shape index (κ2) is 9.99. The smallest absolute Gasteiger partial charge is 0.146 e. The third-order valence-corrected chi connectivity index (χ3v) is 3.55. The molecule has 0 heterocycles. The van der Waals surface area contributed by atoms with Gasteiger partial charge in [0.15, 0.2) is 0 Å². The molecule has 0 radical (unpaired) electrons. The lowest BCUT2D eigenvalue weighted by atomic mass is 10.0. The first-order valence-electron chi connectivity index (χ1n) is 8.56. The summed E-state index contributed by atoms with van der Waals surface area (Å²) in [4.78, 5) is 0. The van der Waals surface area contributed by atoms with Crippen LogP contribution in [0.5, 0.6) is 5.75 Å². The molecule has 0 atom stereocenters. The first-order chi connectivity index (χ1) is 12.8. The Morgan fingerprint density at radius 3 is 1.88 bits per heavy atom. The van der Waals surface area contributed by atoms with Gasteiger partial charge in [-0.1, -0.05) is 74.5 Å². The number of nitrogens with zero attached hydrogens (tertiary/aromatic N) is 1. The van der Waals surface area contributed by atoms with Crippen LogP contribution in [0.25, 0.3) is 0 Å². The molecule has 0 spiro atoms. The van der Waals surface area contributed by atoms with Crippen LogP contribution in [0.1, 0.15) is 25.0 Å². The monoisotopic (exact) mass is 350 g/mol. The van der Waals surface area contributed by atoms with Crippen molar-refractivity contribution < 1.29 is 9.13 Å². The van der Waals surface area contributed by atoms with Crippen molar-refractivity contribution in [3.05, 3.63) is 95.8 Å². The van der Waals surface area contributed by atoms with E-state index in [1.54, 1.807) is 6.07 Å². The largest absolute Gasteiger partial charge is 0.494 e. The van der Waals surface area contributed by atoms with Gasteiger partial charge in [-0.2, -0.15) is 5.10 Å². The van der Waals surface area contributed by atoms with Crippen molar-refractivity contribution in [3.63, 3.8) is 0 Å². The normalized spacial score (nSPS) is 9.54.